The number of hydrogen-bond donors (Lipinski definition) is 0. The number of hydrogen-bond acceptors (Lipinski definition) is 4. The van der Waals surface area contributed by atoms with Crippen LogP contribution in [0.5, 0.6) is 5.75 Å². The molecule has 0 N–H and O–H groups in total. The quantitative estimate of drug-likeness (QED) is 0.319. The van der Waals surface area contributed by atoms with Gasteiger partial charge in [0.25, 0.3) is 15.9 Å². The molecule has 0 aliphatic carbocycles. The molecule has 0 radical (unpaired) electrons. The van der Waals surface area contributed by atoms with E-state index in [0.29, 0.717) is 23.5 Å². The third-order valence-corrected chi connectivity index (χ3v) is 8.35. The van der Waals surface area contributed by atoms with Crippen molar-refractivity contribution in [1.29, 1.82) is 0 Å². The standard InChI is InChI=1S/C30H28N2O4S/c1-36-25-17-19-26(20-18-25)37(34,35)32(22-23-10-3-2-4-11-23)29-16-8-6-14-27(29)30(33)31-21-9-13-24-12-5-7-15-28(24)31/h2-8,10-12,14-20H,9,13,21-22H2,1H3. The summed E-state index contributed by atoms with van der Waals surface area (Å²) in [6, 6.07) is 30.5. The number of benzene rings is 4. The molecule has 0 saturated heterocycles. The number of para-hydroxylation sites is 2. The maximum atomic E-state index is 14.0. The van der Waals surface area contributed by atoms with Gasteiger partial charge in [-0.2, -0.15) is 0 Å². The molecule has 4 aromatic carbocycles. The molecule has 5 rings (SSSR count). The first-order valence-electron chi connectivity index (χ1n) is 12.2. The largest absolute Gasteiger partial charge is 0.497 e. The molecule has 0 spiro atoms. The highest BCUT2D eigenvalue weighted by atomic mass is 32.2. The van der Waals surface area contributed by atoms with E-state index in [1.165, 1.54) is 23.5 Å². The third kappa shape index (κ3) is 4.95. The molecular formula is C30H28N2O4S. The van der Waals surface area contributed by atoms with Crippen LogP contribution in [-0.4, -0.2) is 28.0 Å². The van der Waals surface area contributed by atoms with Gasteiger partial charge in [0.1, 0.15) is 5.75 Å². The average molecular weight is 513 g/mol. The maximum absolute atomic E-state index is 14.0. The Labute approximate surface area is 217 Å². The highest BCUT2D eigenvalue weighted by Crippen LogP contribution is 2.33. The minimum atomic E-state index is -4.02. The van der Waals surface area contributed by atoms with Crippen molar-refractivity contribution in [2.45, 2.75) is 24.3 Å². The van der Waals surface area contributed by atoms with Gasteiger partial charge in [0.2, 0.25) is 0 Å². The summed E-state index contributed by atoms with van der Waals surface area (Å²) >= 11 is 0. The molecule has 0 bridgehead atoms. The van der Waals surface area contributed by atoms with Crippen LogP contribution >= 0.6 is 0 Å². The van der Waals surface area contributed by atoms with E-state index in [1.54, 1.807) is 41.3 Å². The molecule has 0 fully saturated rings. The number of rotatable bonds is 7. The fourth-order valence-corrected chi connectivity index (χ4v) is 6.16. The van der Waals surface area contributed by atoms with Gasteiger partial charge in [0.15, 0.2) is 0 Å². The molecule has 1 amide bonds. The number of aryl methyl sites for hydroxylation is 1. The molecule has 188 valence electrons. The van der Waals surface area contributed by atoms with Crippen LogP contribution in [0.15, 0.2) is 108 Å². The number of sulfonamides is 1. The molecule has 1 heterocycles. The minimum Gasteiger partial charge on any atom is -0.497 e. The van der Waals surface area contributed by atoms with Crippen molar-refractivity contribution < 1.29 is 17.9 Å². The van der Waals surface area contributed by atoms with Gasteiger partial charge in [-0.05, 0) is 66.4 Å². The van der Waals surface area contributed by atoms with E-state index in [2.05, 4.69) is 0 Å². The number of nitrogens with zero attached hydrogens (tertiary/aromatic N) is 2. The van der Waals surface area contributed by atoms with Gasteiger partial charge >= 0.3 is 0 Å². The van der Waals surface area contributed by atoms with Crippen molar-refractivity contribution in [3.05, 3.63) is 120 Å². The van der Waals surface area contributed by atoms with Crippen molar-refractivity contribution in [3.8, 4) is 5.75 Å². The van der Waals surface area contributed by atoms with Crippen LogP contribution < -0.4 is 13.9 Å². The van der Waals surface area contributed by atoms with Crippen LogP contribution in [0.4, 0.5) is 11.4 Å². The van der Waals surface area contributed by atoms with Crippen molar-refractivity contribution in [3.63, 3.8) is 0 Å². The van der Waals surface area contributed by atoms with E-state index in [1.807, 2.05) is 54.6 Å². The zero-order chi connectivity index (χ0) is 25.8. The third-order valence-electron chi connectivity index (χ3n) is 6.57. The van der Waals surface area contributed by atoms with E-state index in [4.69, 9.17) is 4.74 Å². The highest BCUT2D eigenvalue weighted by Gasteiger charge is 2.31. The van der Waals surface area contributed by atoms with E-state index in [9.17, 15) is 13.2 Å². The summed E-state index contributed by atoms with van der Waals surface area (Å²) in [6.07, 6.45) is 1.76. The van der Waals surface area contributed by atoms with E-state index >= 15 is 0 Å². The highest BCUT2D eigenvalue weighted by molar-refractivity contribution is 7.92. The number of amides is 1. The Kier molecular flexibility index (Phi) is 6.97. The molecule has 0 unspecified atom stereocenters. The van der Waals surface area contributed by atoms with Crippen LogP contribution in [-0.2, 0) is 23.0 Å². The summed E-state index contributed by atoms with van der Waals surface area (Å²) in [5, 5.41) is 0. The summed E-state index contributed by atoms with van der Waals surface area (Å²) in [6.45, 7) is 0.657. The summed E-state index contributed by atoms with van der Waals surface area (Å²) in [5.41, 5.74) is 3.49. The fourth-order valence-electron chi connectivity index (χ4n) is 4.69. The zero-order valence-corrected chi connectivity index (χ0v) is 21.4. The molecule has 4 aromatic rings. The minimum absolute atomic E-state index is 0.0794. The summed E-state index contributed by atoms with van der Waals surface area (Å²) in [4.78, 5) is 15.9. The fraction of sp³-hybridized carbons (Fsp3) is 0.167. The van der Waals surface area contributed by atoms with Crippen LogP contribution in [0.3, 0.4) is 0 Å². The molecule has 37 heavy (non-hydrogen) atoms. The lowest BCUT2D eigenvalue weighted by Gasteiger charge is -2.32. The van der Waals surface area contributed by atoms with Crippen LogP contribution in [0.2, 0.25) is 0 Å². The molecule has 0 atom stereocenters. The topological polar surface area (TPSA) is 66.9 Å². The lowest BCUT2D eigenvalue weighted by Crippen LogP contribution is -2.38. The van der Waals surface area contributed by atoms with E-state index < -0.39 is 10.0 Å². The maximum Gasteiger partial charge on any atom is 0.264 e. The molecular weight excluding hydrogens is 484 g/mol. The summed E-state index contributed by atoms with van der Waals surface area (Å²) in [7, 11) is -2.48. The van der Waals surface area contributed by atoms with Gasteiger partial charge in [-0.25, -0.2) is 8.42 Å². The van der Waals surface area contributed by atoms with Gasteiger partial charge in [-0.3, -0.25) is 9.10 Å². The second-order valence-electron chi connectivity index (χ2n) is 8.88. The van der Waals surface area contributed by atoms with Crippen molar-refractivity contribution in [1.82, 2.24) is 0 Å². The SMILES string of the molecule is COc1ccc(S(=O)(=O)N(Cc2ccccc2)c2ccccc2C(=O)N2CCCc3ccccc32)cc1. The van der Waals surface area contributed by atoms with Crippen molar-refractivity contribution >= 4 is 27.3 Å². The molecule has 0 aromatic heterocycles. The Hall–Kier alpha value is -4.10. The summed E-state index contributed by atoms with van der Waals surface area (Å²) in [5.74, 6) is 0.346. The Morgan fingerprint density at radius 2 is 1.54 bits per heavy atom. The normalized spacial score (nSPS) is 13.1. The van der Waals surface area contributed by atoms with Crippen molar-refractivity contribution in [2.75, 3.05) is 22.9 Å². The van der Waals surface area contributed by atoms with E-state index in [0.717, 1.165) is 29.7 Å². The first kappa shape index (κ1) is 24.6. The monoisotopic (exact) mass is 512 g/mol. The molecule has 6 nitrogen and oxygen atoms in total. The van der Waals surface area contributed by atoms with Crippen LogP contribution in [0.1, 0.15) is 27.9 Å². The van der Waals surface area contributed by atoms with E-state index in [-0.39, 0.29) is 17.3 Å². The smallest absolute Gasteiger partial charge is 0.264 e. The predicted molar refractivity (Wildman–Crippen MR) is 146 cm³/mol. The number of anilines is 2. The number of fused-ring (bicyclic) bond motifs is 1. The van der Waals surface area contributed by atoms with Gasteiger partial charge < -0.3 is 9.64 Å². The van der Waals surface area contributed by atoms with Crippen molar-refractivity contribution in [2.24, 2.45) is 0 Å². The van der Waals surface area contributed by atoms with Gasteiger partial charge in [0.05, 0.1) is 29.8 Å². The number of methoxy groups -OCH3 is 1. The summed E-state index contributed by atoms with van der Waals surface area (Å²) < 4.78 is 34.6. The average Bonchev–Trinajstić information content (AvgIpc) is 2.96. The first-order valence-corrected chi connectivity index (χ1v) is 13.6. The van der Waals surface area contributed by atoms with Crippen LogP contribution in [0, 0.1) is 0 Å². The Bertz CT molecular complexity index is 1500. The molecule has 1 aliphatic rings. The predicted octanol–water partition coefficient (Wildman–Crippen LogP) is 5.68. The number of carbonyl (C=O) groups is 1. The second-order valence-corrected chi connectivity index (χ2v) is 10.7. The molecule has 7 heteroatoms. The lowest BCUT2D eigenvalue weighted by atomic mass is 10.0. The van der Waals surface area contributed by atoms with Gasteiger partial charge in [-0.15, -0.1) is 0 Å². The Morgan fingerprint density at radius 3 is 2.30 bits per heavy atom. The first-order chi connectivity index (χ1) is 18.0. The van der Waals surface area contributed by atoms with Gasteiger partial charge in [-0.1, -0.05) is 60.7 Å². The van der Waals surface area contributed by atoms with Gasteiger partial charge in [0, 0.05) is 12.2 Å². The second kappa shape index (κ2) is 10.5. The number of ether oxygens (including phenoxy) is 1. The lowest BCUT2D eigenvalue weighted by molar-refractivity contribution is 0.0985. The number of carbonyl (C=O) groups excluding carboxylic acids is 1. The Balaban J connectivity index is 1.61. The molecule has 0 saturated carbocycles. The molecule has 1 aliphatic heterocycles. The van der Waals surface area contributed by atoms with Crippen LogP contribution in [0.25, 0.3) is 0 Å². The zero-order valence-electron chi connectivity index (χ0n) is 20.6. The Morgan fingerprint density at radius 1 is 0.865 bits per heavy atom.